The molecule has 0 unspecified atom stereocenters. The zero-order valence-electron chi connectivity index (χ0n) is 20.7. The van der Waals surface area contributed by atoms with Gasteiger partial charge in [0.1, 0.15) is 29.7 Å². The van der Waals surface area contributed by atoms with E-state index in [9.17, 15) is 0 Å². The molecule has 0 amide bonds. The molecule has 3 aromatic carbocycles. The standard InChI is InChI=1S/C29H26N6O/c1-14(2)28-32-23-13-36-24-10-17(6-8-19(24)25(23)33-28)16-5-7-18-20(9-16)21-11-30-31-12-22(21)27-26(18)34-29(35-27)15(3)4/h5-12,14-15H,13H2,1-4H3,(H,32,33)(H,34,35). The number of ether oxygens (including phenoxy) is 1. The van der Waals surface area contributed by atoms with Gasteiger partial charge >= 0.3 is 0 Å². The maximum Gasteiger partial charge on any atom is 0.132 e. The Kier molecular flexibility index (Phi) is 4.46. The predicted octanol–water partition coefficient (Wildman–Crippen LogP) is 6.86. The van der Waals surface area contributed by atoms with Crippen molar-refractivity contribution in [2.75, 3.05) is 0 Å². The SMILES string of the molecule is CC(C)c1nc2c([nH]1)-c1ccc(-c3ccc4c(c3)c3cnncc3c3nc(C(C)C)[nH]c43)cc1OC2. The van der Waals surface area contributed by atoms with Crippen LogP contribution in [0.2, 0.25) is 0 Å². The highest BCUT2D eigenvalue weighted by Crippen LogP contribution is 2.41. The molecule has 2 N–H and O–H groups in total. The van der Waals surface area contributed by atoms with E-state index < -0.39 is 0 Å². The van der Waals surface area contributed by atoms with Crippen LogP contribution in [0.15, 0.2) is 48.8 Å². The Morgan fingerprint density at radius 1 is 0.750 bits per heavy atom. The van der Waals surface area contributed by atoms with Gasteiger partial charge in [0.15, 0.2) is 0 Å². The van der Waals surface area contributed by atoms with Crippen LogP contribution in [0.25, 0.3) is 55.0 Å². The van der Waals surface area contributed by atoms with Crippen molar-refractivity contribution < 1.29 is 4.74 Å². The number of rotatable bonds is 3. The summed E-state index contributed by atoms with van der Waals surface area (Å²) in [4.78, 5) is 16.7. The molecule has 1 aliphatic heterocycles. The van der Waals surface area contributed by atoms with Crippen LogP contribution in [0.1, 0.15) is 56.9 Å². The Balaban J connectivity index is 1.40. The molecule has 6 aromatic rings. The van der Waals surface area contributed by atoms with Crippen molar-refractivity contribution in [1.29, 1.82) is 0 Å². The summed E-state index contributed by atoms with van der Waals surface area (Å²) in [6.45, 7) is 9.06. The van der Waals surface area contributed by atoms with Gasteiger partial charge in [-0.2, -0.15) is 10.2 Å². The minimum atomic E-state index is 0.305. The molecule has 0 spiro atoms. The first kappa shape index (κ1) is 21.1. The number of imidazole rings is 2. The van der Waals surface area contributed by atoms with Crippen LogP contribution in [0.3, 0.4) is 0 Å². The van der Waals surface area contributed by atoms with Crippen LogP contribution in [0.4, 0.5) is 0 Å². The van der Waals surface area contributed by atoms with Crippen LogP contribution >= 0.6 is 0 Å². The second-order valence-electron chi connectivity index (χ2n) is 10.2. The molecule has 3 aromatic heterocycles. The first-order valence-corrected chi connectivity index (χ1v) is 12.4. The second kappa shape index (κ2) is 7.62. The van der Waals surface area contributed by atoms with Crippen LogP contribution in [-0.2, 0) is 6.61 Å². The molecule has 7 heteroatoms. The van der Waals surface area contributed by atoms with Crippen molar-refractivity contribution in [2.24, 2.45) is 0 Å². The third-order valence-corrected chi connectivity index (χ3v) is 7.13. The number of fused-ring (bicyclic) bond motifs is 9. The van der Waals surface area contributed by atoms with E-state index >= 15 is 0 Å². The normalized spacial score (nSPS) is 13.1. The maximum absolute atomic E-state index is 6.13. The van der Waals surface area contributed by atoms with Gasteiger partial charge in [-0.05, 0) is 34.7 Å². The van der Waals surface area contributed by atoms with Gasteiger partial charge in [-0.15, -0.1) is 0 Å². The van der Waals surface area contributed by atoms with Gasteiger partial charge < -0.3 is 14.7 Å². The first-order chi connectivity index (χ1) is 17.5. The zero-order valence-corrected chi connectivity index (χ0v) is 20.7. The summed E-state index contributed by atoms with van der Waals surface area (Å²) in [6.07, 6.45) is 3.65. The number of hydrogen-bond donors (Lipinski definition) is 2. The van der Waals surface area contributed by atoms with Gasteiger partial charge in [0, 0.05) is 33.6 Å². The average Bonchev–Trinajstić information content (AvgIpc) is 3.54. The minimum absolute atomic E-state index is 0.305. The third kappa shape index (κ3) is 3.05. The molecule has 0 fully saturated rings. The van der Waals surface area contributed by atoms with Gasteiger partial charge in [0.05, 0.1) is 29.1 Å². The highest BCUT2D eigenvalue weighted by molar-refractivity contribution is 6.23. The Hall–Kier alpha value is -4.26. The molecule has 4 heterocycles. The fourth-order valence-electron chi connectivity index (χ4n) is 5.15. The van der Waals surface area contributed by atoms with Crippen LogP contribution in [0, 0.1) is 0 Å². The van der Waals surface area contributed by atoms with Gasteiger partial charge in [-0.3, -0.25) is 0 Å². The summed E-state index contributed by atoms with van der Waals surface area (Å²) < 4.78 is 6.13. The molecule has 0 aliphatic carbocycles. The summed E-state index contributed by atoms with van der Waals surface area (Å²) in [7, 11) is 0. The van der Waals surface area contributed by atoms with Crippen molar-refractivity contribution in [1.82, 2.24) is 30.1 Å². The smallest absolute Gasteiger partial charge is 0.132 e. The molecule has 7 nitrogen and oxygen atoms in total. The number of hydrogen-bond acceptors (Lipinski definition) is 5. The van der Waals surface area contributed by atoms with Crippen molar-refractivity contribution in [3.8, 4) is 28.1 Å². The van der Waals surface area contributed by atoms with E-state index in [1.54, 1.807) is 0 Å². The van der Waals surface area contributed by atoms with Crippen molar-refractivity contribution >= 4 is 32.6 Å². The van der Waals surface area contributed by atoms with E-state index in [1.165, 1.54) is 0 Å². The molecule has 0 saturated heterocycles. The molecule has 36 heavy (non-hydrogen) atoms. The highest BCUT2D eigenvalue weighted by Gasteiger charge is 2.23. The summed E-state index contributed by atoms with van der Waals surface area (Å²) in [5.41, 5.74) is 7.31. The van der Waals surface area contributed by atoms with Gasteiger partial charge in [-0.1, -0.05) is 45.9 Å². The van der Waals surface area contributed by atoms with Crippen molar-refractivity contribution in [3.63, 3.8) is 0 Å². The van der Waals surface area contributed by atoms with E-state index in [0.29, 0.717) is 18.4 Å². The van der Waals surface area contributed by atoms with Gasteiger partial charge in [-0.25, -0.2) is 9.97 Å². The fraction of sp³-hybridized carbons (Fsp3) is 0.241. The average molecular weight is 475 g/mol. The zero-order chi connectivity index (χ0) is 24.6. The first-order valence-electron chi connectivity index (χ1n) is 12.4. The summed E-state index contributed by atoms with van der Waals surface area (Å²) in [6, 6.07) is 13.0. The third-order valence-electron chi connectivity index (χ3n) is 7.13. The molecule has 1 aliphatic rings. The van der Waals surface area contributed by atoms with E-state index in [-0.39, 0.29) is 0 Å². The Bertz CT molecular complexity index is 1810. The van der Waals surface area contributed by atoms with E-state index in [1.807, 2.05) is 12.4 Å². The summed E-state index contributed by atoms with van der Waals surface area (Å²) in [5.74, 6) is 3.49. The molecular weight excluding hydrogens is 448 g/mol. The Labute approximate surface area is 208 Å². The number of benzene rings is 3. The lowest BCUT2D eigenvalue weighted by Crippen LogP contribution is -2.05. The molecule has 0 bridgehead atoms. The number of nitrogens with one attached hydrogen (secondary N) is 2. The number of aromatic amines is 2. The number of aromatic nitrogens is 6. The quantitative estimate of drug-likeness (QED) is 0.274. The van der Waals surface area contributed by atoms with E-state index in [4.69, 9.17) is 14.7 Å². The van der Waals surface area contributed by atoms with Crippen molar-refractivity contribution in [3.05, 3.63) is 66.1 Å². The Morgan fingerprint density at radius 2 is 1.47 bits per heavy atom. The van der Waals surface area contributed by atoms with Crippen molar-refractivity contribution in [2.45, 2.75) is 46.1 Å². The lowest BCUT2D eigenvalue weighted by molar-refractivity contribution is 0.298. The molecular formula is C29H26N6O. The molecule has 178 valence electrons. The number of nitrogens with zero attached hydrogens (tertiary/aromatic N) is 4. The highest BCUT2D eigenvalue weighted by atomic mass is 16.5. The molecule has 0 atom stereocenters. The number of H-pyrrole nitrogens is 2. The van der Waals surface area contributed by atoms with E-state index in [0.717, 1.165) is 78.1 Å². The predicted molar refractivity (Wildman–Crippen MR) is 142 cm³/mol. The van der Waals surface area contributed by atoms with Crippen LogP contribution < -0.4 is 4.74 Å². The molecule has 0 radical (unpaired) electrons. The topological polar surface area (TPSA) is 92.4 Å². The molecule has 7 rings (SSSR count). The largest absolute Gasteiger partial charge is 0.486 e. The monoisotopic (exact) mass is 474 g/mol. The lowest BCUT2D eigenvalue weighted by Gasteiger charge is -2.18. The summed E-state index contributed by atoms with van der Waals surface area (Å²) >= 11 is 0. The maximum atomic E-state index is 6.13. The summed E-state index contributed by atoms with van der Waals surface area (Å²) in [5, 5.41) is 12.7. The van der Waals surface area contributed by atoms with Crippen LogP contribution in [0.5, 0.6) is 5.75 Å². The Morgan fingerprint density at radius 3 is 2.28 bits per heavy atom. The second-order valence-corrected chi connectivity index (χ2v) is 10.2. The van der Waals surface area contributed by atoms with Crippen LogP contribution in [-0.4, -0.2) is 30.1 Å². The fourth-order valence-corrected chi connectivity index (χ4v) is 5.15. The van der Waals surface area contributed by atoms with Gasteiger partial charge in [0.2, 0.25) is 0 Å². The van der Waals surface area contributed by atoms with E-state index in [2.05, 4.69) is 84.3 Å². The lowest BCUT2D eigenvalue weighted by atomic mass is 9.95. The van der Waals surface area contributed by atoms with Gasteiger partial charge in [0.25, 0.3) is 0 Å². The molecule has 0 saturated carbocycles. The minimum Gasteiger partial charge on any atom is -0.486 e.